The molecule has 0 radical (unpaired) electrons. The summed E-state index contributed by atoms with van der Waals surface area (Å²) in [7, 11) is -3.57. The van der Waals surface area contributed by atoms with Gasteiger partial charge in [-0.15, -0.1) is 6.58 Å². The average Bonchev–Trinajstić information content (AvgIpc) is 2.48. The third-order valence-electron chi connectivity index (χ3n) is 2.74. The van der Waals surface area contributed by atoms with Crippen molar-refractivity contribution in [1.82, 2.24) is 4.31 Å². The fourth-order valence-electron chi connectivity index (χ4n) is 1.86. The summed E-state index contributed by atoms with van der Waals surface area (Å²) in [6.07, 6.45) is 1.55. The van der Waals surface area contributed by atoms with E-state index in [1.165, 1.54) is 10.4 Å². The van der Waals surface area contributed by atoms with Crippen molar-refractivity contribution in [2.75, 3.05) is 25.0 Å². The van der Waals surface area contributed by atoms with Gasteiger partial charge in [-0.2, -0.15) is 9.57 Å². The summed E-state index contributed by atoms with van der Waals surface area (Å²) in [4.78, 5) is 0.154. The van der Waals surface area contributed by atoms with Crippen LogP contribution in [0.25, 0.3) is 0 Å². The first-order valence-electron chi connectivity index (χ1n) is 5.48. The molecule has 2 rings (SSSR count). The first kappa shape index (κ1) is 12.6. The van der Waals surface area contributed by atoms with Gasteiger partial charge in [-0.25, -0.2) is 8.42 Å². The molecule has 6 heteroatoms. The van der Waals surface area contributed by atoms with Crippen LogP contribution in [0.15, 0.2) is 35.7 Å². The minimum absolute atomic E-state index is 0.154. The van der Waals surface area contributed by atoms with Crippen molar-refractivity contribution in [2.24, 2.45) is 0 Å². The second kappa shape index (κ2) is 4.80. The first-order valence-corrected chi connectivity index (χ1v) is 6.92. The van der Waals surface area contributed by atoms with Gasteiger partial charge in [-0.3, -0.25) is 0 Å². The number of anilines is 1. The summed E-state index contributed by atoms with van der Waals surface area (Å²) in [6.45, 7) is 4.74. The SMILES string of the molecule is C=CCN1CCNc2ccc(C#N)cc2S1(=O)=O. The highest BCUT2D eigenvalue weighted by Gasteiger charge is 2.28. The van der Waals surface area contributed by atoms with E-state index in [1.807, 2.05) is 6.07 Å². The van der Waals surface area contributed by atoms with Gasteiger partial charge in [0.2, 0.25) is 10.0 Å². The molecule has 0 aliphatic carbocycles. The molecular weight excluding hydrogens is 250 g/mol. The van der Waals surface area contributed by atoms with Crippen LogP contribution < -0.4 is 5.32 Å². The number of nitriles is 1. The lowest BCUT2D eigenvalue weighted by atomic mass is 10.2. The molecule has 1 aromatic rings. The van der Waals surface area contributed by atoms with Crippen molar-refractivity contribution in [3.05, 3.63) is 36.4 Å². The second-order valence-corrected chi connectivity index (χ2v) is 5.81. The fraction of sp³-hybridized carbons (Fsp3) is 0.250. The van der Waals surface area contributed by atoms with Crippen LogP contribution in [0.2, 0.25) is 0 Å². The van der Waals surface area contributed by atoms with E-state index in [9.17, 15) is 8.42 Å². The number of hydrogen-bond donors (Lipinski definition) is 1. The Bertz CT molecular complexity index is 617. The molecule has 5 nitrogen and oxygen atoms in total. The van der Waals surface area contributed by atoms with E-state index in [2.05, 4.69) is 11.9 Å². The van der Waals surface area contributed by atoms with Gasteiger partial charge in [0.05, 0.1) is 17.3 Å². The first-order chi connectivity index (χ1) is 8.59. The minimum Gasteiger partial charge on any atom is -0.383 e. The summed E-state index contributed by atoms with van der Waals surface area (Å²) in [6, 6.07) is 6.58. The molecule has 94 valence electrons. The van der Waals surface area contributed by atoms with E-state index in [1.54, 1.807) is 18.2 Å². The zero-order valence-corrected chi connectivity index (χ0v) is 10.6. The Kier molecular flexibility index (Phi) is 3.36. The predicted octanol–water partition coefficient (Wildman–Crippen LogP) is 1.16. The van der Waals surface area contributed by atoms with Crippen molar-refractivity contribution in [2.45, 2.75) is 4.90 Å². The summed E-state index contributed by atoms with van der Waals surface area (Å²) in [5.74, 6) is 0. The van der Waals surface area contributed by atoms with E-state index in [0.29, 0.717) is 24.3 Å². The zero-order valence-electron chi connectivity index (χ0n) is 9.76. The number of fused-ring (bicyclic) bond motifs is 1. The van der Waals surface area contributed by atoms with Crippen molar-refractivity contribution in [3.63, 3.8) is 0 Å². The highest BCUT2D eigenvalue weighted by molar-refractivity contribution is 7.89. The lowest BCUT2D eigenvalue weighted by Crippen LogP contribution is -2.32. The molecule has 1 aliphatic rings. The smallest absolute Gasteiger partial charge is 0.245 e. The Morgan fingerprint density at radius 1 is 1.56 bits per heavy atom. The molecule has 0 fully saturated rings. The van der Waals surface area contributed by atoms with Crippen LogP contribution in [0.3, 0.4) is 0 Å². The largest absolute Gasteiger partial charge is 0.383 e. The number of nitrogens with zero attached hydrogens (tertiary/aromatic N) is 2. The summed E-state index contributed by atoms with van der Waals surface area (Å²) >= 11 is 0. The Balaban J connectivity index is 2.58. The number of benzene rings is 1. The molecule has 0 saturated heterocycles. The Hall–Kier alpha value is -1.84. The van der Waals surface area contributed by atoms with Crippen LogP contribution in [-0.2, 0) is 10.0 Å². The van der Waals surface area contributed by atoms with Gasteiger partial charge in [0, 0.05) is 19.6 Å². The van der Waals surface area contributed by atoms with E-state index >= 15 is 0 Å². The van der Waals surface area contributed by atoms with Crippen molar-refractivity contribution >= 4 is 15.7 Å². The third-order valence-corrected chi connectivity index (χ3v) is 4.64. The predicted molar refractivity (Wildman–Crippen MR) is 68.6 cm³/mol. The maximum atomic E-state index is 12.4. The number of sulfonamides is 1. The number of nitrogens with one attached hydrogen (secondary N) is 1. The quantitative estimate of drug-likeness (QED) is 0.813. The van der Waals surface area contributed by atoms with Crippen LogP contribution in [0.5, 0.6) is 0 Å². The Labute approximate surface area is 106 Å². The highest BCUT2D eigenvalue weighted by atomic mass is 32.2. The standard InChI is InChI=1S/C12H13N3O2S/c1-2-6-15-7-5-14-11-4-3-10(9-13)8-12(11)18(15,16)17/h2-4,8,14H,1,5-7H2. The Morgan fingerprint density at radius 2 is 2.33 bits per heavy atom. The van der Waals surface area contributed by atoms with Crippen LogP contribution in [0.4, 0.5) is 5.69 Å². The normalized spacial score (nSPS) is 17.9. The monoisotopic (exact) mass is 263 g/mol. The molecule has 0 atom stereocenters. The molecule has 1 aliphatic heterocycles. The van der Waals surface area contributed by atoms with Gasteiger partial charge in [0.1, 0.15) is 4.90 Å². The van der Waals surface area contributed by atoms with Crippen LogP contribution in [0, 0.1) is 11.3 Å². The molecule has 1 aromatic carbocycles. The highest BCUT2D eigenvalue weighted by Crippen LogP contribution is 2.27. The van der Waals surface area contributed by atoms with Crippen LogP contribution in [0.1, 0.15) is 5.56 Å². The van der Waals surface area contributed by atoms with E-state index in [-0.39, 0.29) is 11.4 Å². The van der Waals surface area contributed by atoms with Gasteiger partial charge in [-0.1, -0.05) is 6.08 Å². The fourth-order valence-corrected chi connectivity index (χ4v) is 3.46. The van der Waals surface area contributed by atoms with Gasteiger partial charge < -0.3 is 5.32 Å². The third kappa shape index (κ3) is 2.10. The number of rotatable bonds is 2. The van der Waals surface area contributed by atoms with Crippen molar-refractivity contribution in [1.29, 1.82) is 5.26 Å². The van der Waals surface area contributed by atoms with Crippen LogP contribution in [-0.4, -0.2) is 32.4 Å². The molecule has 1 N–H and O–H groups in total. The van der Waals surface area contributed by atoms with E-state index in [0.717, 1.165) is 0 Å². The topological polar surface area (TPSA) is 73.2 Å². The molecule has 0 unspecified atom stereocenters. The summed E-state index contributed by atoms with van der Waals surface area (Å²) < 4.78 is 26.2. The van der Waals surface area contributed by atoms with Crippen molar-refractivity contribution in [3.8, 4) is 6.07 Å². The lowest BCUT2D eigenvalue weighted by molar-refractivity contribution is 0.458. The van der Waals surface area contributed by atoms with E-state index < -0.39 is 10.0 Å². The molecule has 0 bridgehead atoms. The molecule has 18 heavy (non-hydrogen) atoms. The average molecular weight is 263 g/mol. The molecule has 0 amide bonds. The zero-order chi connectivity index (χ0) is 13.2. The summed E-state index contributed by atoms with van der Waals surface area (Å²) in [5, 5.41) is 11.9. The minimum atomic E-state index is -3.57. The van der Waals surface area contributed by atoms with E-state index in [4.69, 9.17) is 5.26 Å². The molecule has 1 heterocycles. The molecule has 0 aromatic heterocycles. The van der Waals surface area contributed by atoms with Gasteiger partial charge in [0.25, 0.3) is 0 Å². The van der Waals surface area contributed by atoms with Gasteiger partial charge in [0.15, 0.2) is 0 Å². The maximum absolute atomic E-state index is 12.4. The molecule has 0 saturated carbocycles. The molecule has 0 spiro atoms. The molecular formula is C12H13N3O2S. The second-order valence-electron chi connectivity index (χ2n) is 3.90. The maximum Gasteiger partial charge on any atom is 0.245 e. The Morgan fingerprint density at radius 3 is 3.00 bits per heavy atom. The van der Waals surface area contributed by atoms with Crippen molar-refractivity contribution < 1.29 is 8.42 Å². The lowest BCUT2D eigenvalue weighted by Gasteiger charge is -2.17. The van der Waals surface area contributed by atoms with Crippen LogP contribution >= 0.6 is 0 Å². The number of hydrogen-bond acceptors (Lipinski definition) is 4. The van der Waals surface area contributed by atoms with Gasteiger partial charge in [-0.05, 0) is 18.2 Å². The summed E-state index contributed by atoms with van der Waals surface area (Å²) in [5.41, 5.74) is 0.875. The van der Waals surface area contributed by atoms with Gasteiger partial charge >= 0.3 is 0 Å².